The molecule has 9 nitrogen and oxygen atoms in total. The molecule has 188 valence electrons. The number of carbonyl (C=O) groups excluding carboxylic acids is 1. The third-order valence-electron chi connectivity index (χ3n) is 6.21. The summed E-state index contributed by atoms with van der Waals surface area (Å²) in [6, 6.07) is 21.7. The Labute approximate surface area is 214 Å². The first-order chi connectivity index (χ1) is 18.0. The average molecular weight is 498 g/mol. The Morgan fingerprint density at radius 3 is 2.30 bits per heavy atom. The summed E-state index contributed by atoms with van der Waals surface area (Å²) in [4.78, 5) is 18.5. The van der Waals surface area contributed by atoms with E-state index >= 15 is 0 Å². The Balaban J connectivity index is 1.65. The smallest absolute Gasteiger partial charge is 0.255 e. The summed E-state index contributed by atoms with van der Waals surface area (Å²) in [5.41, 5.74) is 3.35. The second kappa shape index (κ2) is 10.1. The van der Waals surface area contributed by atoms with Gasteiger partial charge < -0.3 is 24.8 Å². The van der Waals surface area contributed by atoms with Crippen molar-refractivity contribution >= 4 is 17.5 Å². The Morgan fingerprint density at radius 2 is 1.62 bits per heavy atom. The molecule has 1 unspecified atom stereocenters. The topological polar surface area (TPSA) is 99.5 Å². The van der Waals surface area contributed by atoms with Crippen LogP contribution in [0.25, 0.3) is 11.4 Å². The molecule has 0 aliphatic carbocycles. The van der Waals surface area contributed by atoms with E-state index in [0.717, 1.165) is 11.3 Å². The van der Waals surface area contributed by atoms with Gasteiger partial charge in [-0.2, -0.15) is 4.98 Å². The Morgan fingerprint density at radius 1 is 0.919 bits per heavy atom. The maximum atomic E-state index is 13.7. The van der Waals surface area contributed by atoms with Crippen LogP contribution in [0.5, 0.6) is 17.2 Å². The summed E-state index contributed by atoms with van der Waals surface area (Å²) in [6.45, 7) is 1.85. The number of methoxy groups -OCH3 is 3. The number of hydrogen-bond acceptors (Lipinski definition) is 7. The van der Waals surface area contributed by atoms with Crippen molar-refractivity contribution in [1.29, 1.82) is 0 Å². The minimum absolute atomic E-state index is 0.266. The van der Waals surface area contributed by atoms with Crippen molar-refractivity contribution in [1.82, 2.24) is 14.8 Å². The molecular weight excluding hydrogens is 470 g/mol. The second-order valence-electron chi connectivity index (χ2n) is 8.43. The Bertz CT molecular complexity index is 1460. The molecular formula is C28H27N5O4. The van der Waals surface area contributed by atoms with E-state index < -0.39 is 6.04 Å². The van der Waals surface area contributed by atoms with E-state index in [4.69, 9.17) is 24.3 Å². The minimum Gasteiger partial charge on any atom is -0.497 e. The standard InChI is InChI=1S/C28H27N5O4/c1-17-24(27(34)30-19-8-6-5-7-9-19)25(22-16-21(36-3)14-15-23(22)37-4)33-28(29-17)31-26(32-33)18-10-12-20(35-2)13-11-18/h5-16,25H,1-4H3,(H,30,34)(H,29,31,32). The first kappa shape index (κ1) is 23.9. The van der Waals surface area contributed by atoms with Crippen LogP contribution in [0, 0.1) is 0 Å². The zero-order valence-electron chi connectivity index (χ0n) is 21.0. The number of nitrogens with zero attached hydrogens (tertiary/aromatic N) is 3. The number of aromatic nitrogens is 3. The zero-order valence-corrected chi connectivity index (χ0v) is 21.0. The number of rotatable bonds is 7. The van der Waals surface area contributed by atoms with Gasteiger partial charge in [0.05, 0.1) is 26.9 Å². The highest BCUT2D eigenvalue weighted by atomic mass is 16.5. The van der Waals surface area contributed by atoms with Gasteiger partial charge in [0.1, 0.15) is 23.3 Å². The zero-order chi connectivity index (χ0) is 25.9. The number of amides is 1. The predicted molar refractivity (Wildman–Crippen MR) is 141 cm³/mol. The van der Waals surface area contributed by atoms with Gasteiger partial charge in [-0.25, -0.2) is 4.68 Å². The van der Waals surface area contributed by atoms with Gasteiger partial charge in [-0.3, -0.25) is 4.79 Å². The van der Waals surface area contributed by atoms with Gasteiger partial charge in [0.15, 0.2) is 5.82 Å². The molecule has 1 aliphatic rings. The second-order valence-corrected chi connectivity index (χ2v) is 8.43. The highest BCUT2D eigenvalue weighted by Crippen LogP contribution is 2.41. The van der Waals surface area contributed by atoms with Crippen LogP contribution >= 0.6 is 0 Å². The number of fused-ring (bicyclic) bond motifs is 1. The Hall–Kier alpha value is -4.79. The van der Waals surface area contributed by atoms with Crippen LogP contribution < -0.4 is 24.8 Å². The van der Waals surface area contributed by atoms with Crippen LogP contribution in [0.4, 0.5) is 11.6 Å². The lowest BCUT2D eigenvalue weighted by Gasteiger charge is -2.29. The van der Waals surface area contributed by atoms with Crippen molar-refractivity contribution in [2.24, 2.45) is 0 Å². The molecule has 1 aromatic heterocycles. The van der Waals surface area contributed by atoms with Gasteiger partial charge in [0.25, 0.3) is 5.91 Å². The van der Waals surface area contributed by atoms with E-state index in [0.29, 0.717) is 45.8 Å². The molecule has 5 rings (SSSR count). The van der Waals surface area contributed by atoms with Crippen LogP contribution in [0.15, 0.2) is 84.1 Å². The van der Waals surface area contributed by atoms with E-state index in [-0.39, 0.29) is 5.91 Å². The summed E-state index contributed by atoms with van der Waals surface area (Å²) < 4.78 is 18.2. The van der Waals surface area contributed by atoms with Crippen LogP contribution in [0.3, 0.4) is 0 Å². The van der Waals surface area contributed by atoms with Gasteiger partial charge in [0.2, 0.25) is 5.95 Å². The van der Waals surface area contributed by atoms with Crippen molar-refractivity contribution in [3.8, 4) is 28.6 Å². The van der Waals surface area contributed by atoms with E-state index in [2.05, 4.69) is 10.6 Å². The van der Waals surface area contributed by atoms with Crippen LogP contribution in [0.2, 0.25) is 0 Å². The van der Waals surface area contributed by atoms with Gasteiger partial charge >= 0.3 is 0 Å². The Kier molecular flexibility index (Phi) is 6.51. The molecule has 2 N–H and O–H groups in total. The number of benzene rings is 3. The largest absolute Gasteiger partial charge is 0.497 e. The van der Waals surface area contributed by atoms with Gasteiger partial charge in [-0.15, -0.1) is 5.10 Å². The highest BCUT2D eigenvalue weighted by molar-refractivity contribution is 6.06. The molecule has 1 aliphatic heterocycles. The number of allylic oxidation sites excluding steroid dienone is 1. The molecule has 0 fully saturated rings. The van der Waals surface area contributed by atoms with E-state index in [1.54, 1.807) is 26.0 Å². The number of para-hydroxylation sites is 1. The van der Waals surface area contributed by atoms with E-state index in [1.165, 1.54) is 0 Å². The monoisotopic (exact) mass is 497 g/mol. The molecule has 3 aromatic carbocycles. The number of anilines is 2. The van der Waals surface area contributed by atoms with Crippen molar-refractivity contribution in [2.75, 3.05) is 32.0 Å². The minimum atomic E-state index is -0.635. The highest BCUT2D eigenvalue weighted by Gasteiger charge is 2.36. The molecule has 0 bridgehead atoms. The molecule has 9 heteroatoms. The third-order valence-corrected chi connectivity index (χ3v) is 6.21. The SMILES string of the molecule is COc1ccc(-c2nc3n(n2)C(c2cc(OC)ccc2OC)C(C(=O)Nc2ccccc2)=C(C)N3)cc1. The van der Waals surface area contributed by atoms with E-state index in [1.807, 2.05) is 79.7 Å². The van der Waals surface area contributed by atoms with Crippen LogP contribution in [0.1, 0.15) is 18.5 Å². The maximum absolute atomic E-state index is 13.7. The number of hydrogen-bond donors (Lipinski definition) is 2. The third kappa shape index (κ3) is 4.58. The summed E-state index contributed by atoms with van der Waals surface area (Å²) in [5.74, 6) is 2.72. The molecule has 1 amide bonds. The molecule has 1 atom stereocenters. The number of carbonyl (C=O) groups is 1. The maximum Gasteiger partial charge on any atom is 0.255 e. The summed E-state index contributed by atoms with van der Waals surface area (Å²) in [6.07, 6.45) is 0. The van der Waals surface area contributed by atoms with Crippen molar-refractivity contribution in [3.63, 3.8) is 0 Å². The summed E-state index contributed by atoms with van der Waals surface area (Å²) >= 11 is 0. The average Bonchev–Trinajstić information content (AvgIpc) is 3.36. The van der Waals surface area contributed by atoms with Gasteiger partial charge in [-0.1, -0.05) is 18.2 Å². The predicted octanol–water partition coefficient (Wildman–Crippen LogP) is 4.90. The van der Waals surface area contributed by atoms with Crippen LogP contribution in [-0.2, 0) is 4.79 Å². The van der Waals surface area contributed by atoms with Crippen molar-refractivity contribution in [3.05, 3.63) is 89.6 Å². The van der Waals surface area contributed by atoms with Crippen molar-refractivity contribution in [2.45, 2.75) is 13.0 Å². The van der Waals surface area contributed by atoms with Gasteiger partial charge in [0, 0.05) is 22.5 Å². The van der Waals surface area contributed by atoms with Crippen LogP contribution in [-0.4, -0.2) is 42.0 Å². The lowest BCUT2D eigenvalue weighted by atomic mass is 9.94. The quantitative estimate of drug-likeness (QED) is 0.375. The summed E-state index contributed by atoms with van der Waals surface area (Å²) in [5, 5.41) is 11.1. The number of ether oxygens (including phenoxy) is 3. The molecule has 4 aromatic rings. The van der Waals surface area contributed by atoms with Gasteiger partial charge in [-0.05, 0) is 61.5 Å². The molecule has 0 spiro atoms. The molecule has 37 heavy (non-hydrogen) atoms. The first-order valence-electron chi connectivity index (χ1n) is 11.7. The normalized spacial score (nSPS) is 14.4. The molecule has 0 radical (unpaired) electrons. The lowest BCUT2D eigenvalue weighted by molar-refractivity contribution is -0.113. The summed E-state index contributed by atoms with van der Waals surface area (Å²) in [7, 11) is 4.81. The molecule has 2 heterocycles. The number of nitrogens with one attached hydrogen (secondary N) is 2. The fourth-order valence-corrected chi connectivity index (χ4v) is 4.37. The molecule has 0 saturated carbocycles. The fraction of sp³-hybridized carbons (Fsp3) is 0.179. The fourth-order valence-electron chi connectivity index (χ4n) is 4.37. The van der Waals surface area contributed by atoms with Crippen molar-refractivity contribution < 1.29 is 19.0 Å². The first-order valence-corrected chi connectivity index (χ1v) is 11.7. The lowest BCUT2D eigenvalue weighted by Crippen LogP contribution is -2.31. The molecule has 0 saturated heterocycles. The van der Waals surface area contributed by atoms with E-state index in [9.17, 15) is 4.79 Å².